The summed E-state index contributed by atoms with van der Waals surface area (Å²) in [5.74, 6) is 2.20. The Morgan fingerprint density at radius 3 is 2.02 bits per heavy atom. The van der Waals surface area contributed by atoms with Crippen molar-refractivity contribution in [2.24, 2.45) is 0 Å². The molecule has 8 rings (SSSR count). The molecular formula is C46H47ClN6O6. The topological polar surface area (TPSA) is 131 Å². The van der Waals surface area contributed by atoms with E-state index in [0.29, 0.717) is 22.8 Å². The maximum absolute atomic E-state index is 12.8. The molecule has 0 spiro atoms. The number of anilines is 1. The summed E-state index contributed by atoms with van der Waals surface area (Å²) < 4.78 is 23.0. The molecular weight excluding hydrogens is 768 g/mol. The van der Waals surface area contributed by atoms with E-state index in [2.05, 4.69) is 63.3 Å². The Labute approximate surface area is 348 Å². The lowest BCUT2D eigenvalue weighted by atomic mass is 10.1. The highest BCUT2D eigenvalue weighted by molar-refractivity contribution is 6.30. The summed E-state index contributed by atoms with van der Waals surface area (Å²) in [5.41, 5.74) is 3.54. The van der Waals surface area contributed by atoms with Crippen LogP contribution < -0.4 is 14.4 Å². The minimum atomic E-state index is -0.827. The smallest absolute Gasteiger partial charge is 0.424 e. The van der Waals surface area contributed by atoms with E-state index in [1.165, 1.54) is 22.1 Å². The molecule has 0 unspecified atom stereocenters. The minimum Gasteiger partial charge on any atom is -0.481 e. The number of allylic oxidation sites excluding steroid dienone is 1. The first-order chi connectivity index (χ1) is 28.0. The number of carbonyl (C=O) groups excluding carboxylic acids is 2. The largest absolute Gasteiger partial charge is 0.481 e. The van der Waals surface area contributed by atoms with Gasteiger partial charge in [0.1, 0.15) is 22.2 Å². The lowest BCUT2D eigenvalue weighted by molar-refractivity contribution is 0.0431. The van der Waals surface area contributed by atoms with Gasteiger partial charge < -0.3 is 18.9 Å². The Bertz CT molecular complexity index is 2650. The third-order valence-corrected chi connectivity index (χ3v) is 9.12. The number of methoxy groups -OCH3 is 2. The zero-order chi connectivity index (χ0) is 42.5. The normalized spacial score (nSPS) is 11.9. The molecule has 0 atom stereocenters. The standard InChI is InChI=1S/C19H23ClN2O4.C18H15N3O.C9H9NO/c1-18(2,3)25-16(23)22(17(24)26-19(4,5)6)14-9-7-8-12-11-21-15(20)10-13(12)14;1-12-4-3-5-14-10-19-17(9-15(12)14)21-7-6-13-8-18(22-2)20-11-16(13)21;1-11-9-5-7-3-2-4-8(7)6-10-9/h7-11H,1-6H3;3-11H,1-2H3;2-3,5-6H,4H2,1H3. The number of hydrogen-bond acceptors (Lipinski definition) is 10. The number of halogens is 1. The van der Waals surface area contributed by atoms with Crippen molar-refractivity contribution < 1.29 is 28.5 Å². The van der Waals surface area contributed by atoms with Crippen LogP contribution in [-0.4, -0.2) is 62.1 Å². The minimum absolute atomic E-state index is 0.248. The van der Waals surface area contributed by atoms with Crippen LogP contribution in [0.3, 0.4) is 0 Å². The highest BCUT2D eigenvalue weighted by Crippen LogP contribution is 2.31. The first-order valence-corrected chi connectivity index (χ1v) is 19.3. The van der Waals surface area contributed by atoms with Gasteiger partial charge in [-0.15, -0.1) is 0 Å². The summed E-state index contributed by atoms with van der Waals surface area (Å²) in [4.78, 5) is 43.4. The maximum Gasteiger partial charge on any atom is 0.424 e. The lowest BCUT2D eigenvalue weighted by Gasteiger charge is -2.29. The van der Waals surface area contributed by atoms with Crippen molar-refractivity contribution in [3.05, 3.63) is 126 Å². The van der Waals surface area contributed by atoms with E-state index in [1.54, 1.807) is 80.2 Å². The first-order valence-electron chi connectivity index (χ1n) is 18.9. The van der Waals surface area contributed by atoms with Crippen LogP contribution in [0.25, 0.3) is 44.3 Å². The number of benzene rings is 2. The zero-order valence-corrected chi connectivity index (χ0v) is 35.4. The molecule has 2 amide bonds. The Kier molecular flexibility index (Phi) is 12.5. The van der Waals surface area contributed by atoms with Gasteiger partial charge in [0.05, 0.1) is 31.6 Å². The second kappa shape index (κ2) is 17.5. The summed E-state index contributed by atoms with van der Waals surface area (Å²) in [6, 6.07) is 21.1. The molecule has 0 radical (unpaired) electrons. The molecule has 7 aromatic rings. The van der Waals surface area contributed by atoms with Gasteiger partial charge in [0.25, 0.3) is 0 Å². The third kappa shape index (κ3) is 10.3. The Balaban J connectivity index is 0.000000159. The molecule has 0 aliphatic heterocycles. The molecule has 59 heavy (non-hydrogen) atoms. The number of carbonyl (C=O) groups is 2. The summed E-state index contributed by atoms with van der Waals surface area (Å²) in [7, 11) is 3.26. The van der Waals surface area contributed by atoms with Crippen molar-refractivity contribution in [3.63, 3.8) is 0 Å². The molecule has 5 heterocycles. The molecule has 13 heteroatoms. The monoisotopic (exact) mass is 814 g/mol. The van der Waals surface area contributed by atoms with Gasteiger partial charge in [0, 0.05) is 58.5 Å². The quantitative estimate of drug-likeness (QED) is 0.158. The number of pyridine rings is 4. The van der Waals surface area contributed by atoms with Crippen LogP contribution in [0.4, 0.5) is 15.3 Å². The molecule has 1 aliphatic carbocycles. The van der Waals surface area contributed by atoms with Crippen molar-refractivity contribution in [2.45, 2.75) is 66.1 Å². The van der Waals surface area contributed by atoms with Crippen molar-refractivity contribution in [1.29, 1.82) is 0 Å². The van der Waals surface area contributed by atoms with Crippen LogP contribution in [0.1, 0.15) is 58.2 Å². The van der Waals surface area contributed by atoms with Gasteiger partial charge >= 0.3 is 12.2 Å². The highest BCUT2D eigenvalue weighted by Gasteiger charge is 2.33. The highest BCUT2D eigenvalue weighted by atomic mass is 35.5. The fourth-order valence-electron chi connectivity index (χ4n) is 6.21. The van der Waals surface area contributed by atoms with Crippen LogP contribution in [0.15, 0.2) is 104 Å². The number of fused-ring (bicyclic) bond motifs is 4. The molecule has 2 aromatic carbocycles. The van der Waals surface area contributed by atoms with Gasteiger partial charge in [-0.3, -0.25) is 4.57 Å². The zero-order valence-electron chi connectivity index (χ0n) is 34.6. The van der Waals surface area contributed by atoms with E-state index >= 15 is 0 Å². The number of aryl methyl sites for hydroxylation is 1. The van der Waals surface area contributed by atoms with Crippen LogP contribution >= 0.6 is 11.6 Å². The number of amides is 2. The molecule has 12 nitrogen and oxygen atoms in total. The van der Waals surface area contributed by atoms with Crippen LogP contribution in [0.5, 0.6) is 11.8 Å². The molecule has 0 N–H and O–H groups in total. The third-order valence-electron chi connectivity index (χ3n) is 8.92. The molecule has 1 aliphatic rings. The predicted molar refractivity (Wildman–Crippen MR) is 233 cm³/mol. The summed E-state index contributed by atoms with van der Waals surface area (Å²) >= 11 is 6.01. The van der Waals surface area contributed by atoms with Crippen molar-refractivity contribution >= 4 is 68.0 Å². The van der Waals surface area contributed by atoms with E-state index in [-0.39, 0.29) is 5.15 Å². The summed E-state index contributed by atoms with van der Waals surface area (Å²) in [5, 5.41) is 5.01. The van der Waals surface area contributed by atoms with Gasteiger partial charge in [-0.25, -0.2) is 29.5 Å². The van der Waals surface area contributed by atoms with Gasteiger partial charge in [0.15, 0.2) is 0 Å². The van der Waals surface area contributed by atoms with E-state index < -0.39 is 23.4 Å². The second-order valence-electron chi connectivity index (χ2n) is 15.6. The summed E-state index contributed by atoms with van der Waals surface area (Å²) in [6.07, 6.45) is 12.8. The Morgan fingerprint density at radius 1 is 0.712 bits per heavy atom. The van der Waals surface area contributed by atoms with Crippen molar-refractivity contribution in [2.75, 3.05) is 19.1 Å². The molecule has 0 fully saturated rings. The fraction of sp³-hybridized carbons (Fsp3) is 0.261. The van der Waals surface area contributed by atoms with Crippen molar-refractivity contribution in [3.8, 4) is 17.6 Å². The second-order valence-corrected chi connectivity index (χ2v) is 16.0. The molecule has 0 bridgehead atoms. The van der Waals surface area contributed by atoms with E-state index in [1.807, 2.05) is 53.6 Å². The number of hydrogen-bond donors (Lipinski definition) is 0. The predicted octanol–water partition coefficient (Wildman–Crippen LogP) is 11.1. The SMILES string of the molecule is CC(C)(C)OC(=O)N(C(=O)OC(C)(C)C)c1cccc2cnc(Cl)cc12.COc1cc2c(cn1)CC=C2.COc1cc2ccn(-c3cc4c(C)cccc4cn3)c2cn1. The molecule has 0 saturated carbocycles. The van der Waals surface area contributed by atoms with Crippen LogP contribution in [0.2, 0.25) is 5.15 Å². The number of nitrogens with zero attached hydrogens (tertiary/aromatic N) is 6. The van der Waals surface area contributed by atoms with Gasteiger partial charge in [-0.1, -0.05) is 54.1 Å². The van der Waals surface area contributed by atoms with Gasteiger partial charge in [-0.05, 0) is 101 Å². The van der Waals surface area contributed by atoms with E-state index in [4.69, 9.17) is 30.5 Å². The molecule has 304 valence electrons. The van der Waals surface area contributed by atoms with E-state index in [0.717, 1.165) is 38.8 Å². The van der Waals surface area contributed by atoms with E-state index in [9.17, 15) is 9.59 Å². The number of aromatic nitrogens is 5. The van der Waals surface area contributed by atoms with Crippen molar-refractivity contribution in [1.82, 2.24) is 24.5 Å². The average molecular weight is 815 g/mol. The number of ether oxygens (including phenoxy) is 4. The molecule has 5 aromatic heterocycles. The van der Waals surface area contributed by atoms with Gasteiger partial charge in [0.2, 0.25) is 11.8 Å². The summed E-state index contributed by atoms with van der Waals surface area (Å²) in [6.45, 7) is 12.5. The Morgan fingerprint density at radius 2 is 1.34 bits per heavy atom. The van der Waals surface area contributed by atoms with Crippen LogP contribution in [0, 0.1) is 6.92 Å². The maximum atomic E-state index is 12.8. The first kappa shape index (κ1) is 42.1. The number of rotatable bonds is 4. The average Bonchev–Trinajstić information content (AvgIpc) is 3.84. The van der Waals surface area contributed by atoms with Gasteiger partial charge in [-0.2, -0.15) is 4.90 Å². The Hall–Kier alpha value is -6.53. The fourth-order valence-corrected chi connectivity index (χ4v) is 6.37. The lowest BCUT2D eigenvalue weighted by Crippen LogP contribution is -2.43. The van der Waals surface area contributed by atoms with Crippen LogP contribution in [-0.2, 0) is 15.9 Å². The molecule has 0 saturated heterocycles. The number of imide groups is 1.